The lowest BCUT2D eigenvalue weighted by atomic mass is 10.0. The third kappa shape index (κ3) is 1.60. The van der Waals surface area contributed by atoms with Gasteiger partial charge in [-0.05, 0) is 23.9 Å². The number of rotatable bonds is 1. The number of benzene rings is 2. The lowest BCUT2D eigenvalue weighted by Gasteiger charge is -2.09. The van der Waals surface area contributed by atoms with Gasteiger partial charge in [0, 0.05) is 10.4 Å². The molecular weight excluding hydrogens is 215 g/mol. The first kappa shape index (κ1) is 9.82. The molecule has 0 heterocycles. The molecule has 0 aliphatic rings. The lowest BCUT2D eigenvalue weighted by Crippen LogP contribution is -1.87. The molecule has 0 bridgehead atoms. The summed E-state index contributed by atoms with van der Waals surface area (Å²) >= 11 is 12.2. The molecule has 0 fully saturated rings. The summed E-state index contributed by atoms with van der Waals surface area (Å²) in [6.45, 7) is 1.97. The van der Waals surface area contributed by atoms with Crippen LogP contribution in [0.5, 0.6) is 0 Å². The zero-order chi connectivity index (χ0) is 10.1. The second kappa shape index (κ2) is 3.80. The monoisotopic (exact) mass is 224 g/mol. The Morgan fingerprint density at radius 1 is 1.00 bits per heavy atom. The number of hydrogen-bond acceptors (Lipinski definition) is 0. The van der Waals surface area contributed by atoms with Crippen LogP contribution >= 0.6 is 23.2 Å². The Bertz CT molecular complexity index is 461. The Hall–Kier alpha value is -0.720. The predicted octanol–water partition coefficient (Wildman–Crippen LogP) is 4.79. The number of halogens is 2. The van der Waals surface area contributed by atoms with Gasteiger partial charge in [0.05, 0.1) is 5.38 Å². The van der Waals surface area contributed by atoms with Crippen molar-refractivity contribution < 1.29 is 0 Å². The fourth-order valence-corrected chi connectivity index (χ4v) is 2.05. The van der Waals surface area contributed by atoms with Crippen molar-refractivity contribution in [1.82, 2.24) is 0 Å². The Morgan fingerprint density at radius 3 is 2.29 bits per heavy atom. The van der Waals surface area contributed by atoms with Crippen molar-refractivity contribution in [3.8, 4) is 0 Å². The van der Waals surface area contributed by atoms with E-state index in [-0.39, 0.29) is 5.38 Å². The highest BCUT2D eigenvalue weighted by Gasteiger charge is 2.07. The van der Waals surface area contributed by atoms with Crippen LogP contribution in [0, 0.1) is 0 Å². The molecule has 2 heteroatoms. The first-order valence-electron chi connectivity index (χ1n) is 4.51. The molecule has 0 amide bonds. The van der Waals surface area contributed by atoms with Gasteiger partial charge in [-0.25, -0.2) is 0 Å². The molecular formula is C12H10Cl2. The first-order chi connectivity index (χ1) is 6.70. The largest absolute Gasteiger partial charge is 0.118 e. The number of alkyl halides is 1. The standard InChI is InChI=1S/C12H10Cl2/c1-8(13)9-6-7-12(14)11-5-3-2-4-10(9)11/h2-8H,1H3. The van der Waals surface area contributed by atoms with E-state index in [2.05, 4.69) is 6.07 Å². The average Bonchev–Trinajstić information content (AvgIpc) is 2.18. The molecule has 0 aromatic heterocycles. The molecule has 72 valence electrons. The van der Waals surface area contributed by atoms with Gasteiger partial charge in [0.1, 0.15) is 0 Å². The van der Waals surface area contributed by atoms with E-state index in [1.54, 1.807) is 0 Å². The Balaban J connectivity index is 2.82. The van der Waals surface area contributed by atoms with Crippen molar-refractivity contribution in [2.24, 2.45) is 0 Å². The highest BCUT2D eigenvalue weighted by Crippen LogP contribution is 2.31. The third-order valence-corrected chi connectivity index (χ3v) is 2.90. The number of fused-ring (bicyclic) bond motifs is 1. The van der Waals surface area contributed by atoms with Crippen molar-refractivity contribution >= 4 is 34.0 Å². The van der Waals surface area contributed by atoms with Gasteiger partial charge in [0.15, 0.2) is 0 Å². The zero-order valence-electron chi connectivity index (χ0n) is 7.80. The molecule has 0 aliphatic carbocycles. The van der Waals surface area contributed by atoms with Crippen LogP contribution in [-0.2, 0) is 0 Å². The van der Waals surface area contributed by atoms with Crippen LogP contribution in [0.25, 0.3) is 10.8 Å². The fourth-order valence-electron chi connectivity index (χ4n) is 1.63. The average molecular weight is 225 g/mol. The normalized spacial score (nSPS) is 13.1. The van der Waals surface area contributed by atoms with Crippen LogP contribution in [0.15, 0.2) is 36.4 Å². The van der Waals surface area contributed by atoms with E-state index >= 15 is 0 Å². The molecule has 0 aliphatic heterocycles. The van der Waals surface area contributed by atoms with E-state index in [1.165, 1.54) is 0 Å². The smallest absolute Gasteiger partial charge is 0.0563 e. The summed E-state index contributed by atoms with van der Waals surface area (Å²) in [7, 11) is 0. The van der Waals surface area contributed by atoms with Crippen LogP contribution in [0.1, 0.15) is 17.9 Å². The molecule has 0 N–H and O–H groups in total. The van der Waals surface area contributed by atoms with Crippen molar-refractivity contribution in [2.45, 2.75) is 12.3 Å². The van der Waals surface area contributed by atoms with Crippen molar-refractivity contribution in [3.63, 3.8) is 0 Å². The maximum Gasteiger partial charge on any atom is 0.0563 e. The Labute approximate surface area is 93.4 Å². The van der Waals surface area contributed by atoms with Crippen LogP contribution in [0.4, 0.5) is 0 Å². The minimum Gasteiger partial charge on any atom is -0.118 e. The summed E-state index contributed by atoms with van der Waals surface area (Å²) in [5.74, 6) is 0. The lowest BCUT2D eigenvalue weighted by molar-refractivity contribution is 1.10. The minimum absolute atomic E-state index is 0.0113. The summed E-state index contributed by atoms with van der Waals surface area (Å²) in [5.41, 5.74) is 1.13. The quantitative estimate of drug-likeness (QED) is 0.612. The van der Waals surface area contributed by atoms with Crippen LogP contribution in [0.2, 0.25) is 5.02 Å². The summed E-state index contributed by atoms with van der Waals surface area (Å²) < 4.78 is 0. The van der Waals surface area contributed by atoms with Crippen LogP contribution < -0.4 is 0 Å². The molecule has 0 saturated heterocycles. The van der Waals surface area contributed by atoms with E-state index < -0.39 is 0 Å². The molecule has 1 atom stereocenters. The fraction of sp³-hybridized carbons (Fsp3) is 0.167. The minimum atomic E-state index is 0.0113. The number of hydrogen-bond donors (Lipinski definition) is 0. The van der Waals surface area contributed by atoms with E-state index in [4.69, 9.17) is 23.2 Å². The van der Waals surface area contributed by atoms with E-state index in [9.17, 15) is 0 Å². The first-order valence-corrected chi connectivity index (χ1v) is 5.33. The van der Waals surface area contributed by atoms with Crippen molar-refractivity contribution in [2.75, 3.05) is 0 Å². The molecule has 14 heavy (non-hydrogen) atoms. The van der Waals surface area contributed by atoms with Gasteiger partial charge >= 0.3 is 0 Å². The Morgan fingerprint density at radius 2 is 1.64 bits per heavy atom. The van der Waals surface area contributed by atoms with Crippen molar-refractivity contribution in [3.05, 3.63) is 47.0 Å². The van der Waals surface area contributed by atoms with E-state index in [0.717, 1.165) is 21.4 Å². The molecule has 0 saturated carbocycles. The molecule has 1 unspecified atom stereocenters. The molecule has 0 radical (unpaired) electrons. The van der Waals surface area contributed by atoms with Gasteiger partial charge in [-0.3, -0.25) is 0 Å². The van der Waals surface area contributed by atoms with Gasteiger partial charge in [-0.1, -0.05) is 41.9 Å². The van der Waals surface area contributed by atoms with Crippen molar-refractivity contribution in [1.29, 1.82) is 0 Å². The second-order valence-electron chi connectivity index (χ2n) is 3.30. The second-order valence-corrected chi connectivity index (χ2v) is 4.36. The zero-order valence-corrected chi connectivity index (χ0v) is 9.31. The summed E-state index contributed by atoms with van der Waals surface area (Å²) in [6.07, 6.45) is 0. The maximum atomic E-state index is 6.09. The van der Waals surface area contributed by atoms with E-state index in [0.29, 0.717) is 0 Å². The van der Waals surface area contributed by atoms with Gasteiger partial charge < -0.3 is 0 Å². The predicted molar refractivity (Wildman–Crippen MR) is 63.2 cm³/mol. The molecule has 2 aromatic carbocycles. The third-order valence-electron chi connectivity index (χ3n) is 2.33. The molecule has 2 aromatic rings. The highest BCUT2D eigenvalue weighted by molar-refractivity contribution is 6.35. The summed E-state index contributed by atoms with van der Waals surface area (Å²) in [6, 6.07) is 11.9. The van der Waals surface area contributed by atoms with Gasteiger partial charge in [0.2, 0.25) is 0 Å². The summed E-state index contributed by atoms with van der Waals surface area (Å²) in [5, 5.41) is 3.00. The van der Waals surface area contributed by atoms with Gasteiger partial charge in [-0.2, -0.15) is 0 Å². The SMILES string of the molecule is CC(Cl)c1ccc(Cl)c2ccccc12. The highest BCUT2D eigenvalue weighted by atomic mass is 35.5. The molecule has 2 rings (SSSR count). The van der Waals surface area contributed by atoms with Gasteiger partial charge in [0.25, 0.3) is 0 Å². The topological polar surface area (TPSA) is 0 Å². The summed E-state index contributed by atoms with van der Waals surface area (Å²) in [4.78, 5) is 0. The van der Waals surface area contributed by atoms with Crippen LogP contribution in [-0.4, -0.2) is 0 Å². The Kier molecular flexibility index (Phi) is 2.66. The van der Waals surface area contributed by atoms with Crippen LogP contribution in [0.3, 0.4) is 0 Å². The molecule has 0 spiro atoms. The maximum absolute atomic E-state index is 6.09. The van der Waals surface area contributed by atoms with Gasteiger partial charge in [-0.15, -0.1) is 11.6 Å². The van der Waals surface area contributed by atoms with E-state index in [1.807, 2.05) is 37.3 Å². The molecule has 0 nitrogen and oxygen atoms in total.